The minimum absolute atomic E-state index is 0.305. The molecular weight excluding hydrogens is 258 g/mol. The molecule has 3 fully saturated rings. The monoisotopic (exact) mass is 285 g/mol. The van der Waals surface area contributed by atoms with Gasteiger partial charge in [0.25, 0.3) is 0 Å². The zero-order chi connectivity index (χ0) is 14.9. The van der Waals surface area contributed by atoms with Crippen LogP contribution in [0.15, 0.2) is 30.3 Å². The van der Waals surface area contributed by atoms with Gasteiger partial charge >= 0.3 is 0 Å². The summed E-state index contributed by atoms with van der Waals surface area (Å²) in [4.78, 5) is 14.7. The molecule has 4 rings (SSSR count). The van der Waals surface area contributed by atoms with E-state index in [1.807, 2.05) is 0 Å². The topological polar surface area (TPSA) is 20.3 Å². The summed E-state index contributed by atoms with van der Waals surface area (Å²) in [6.07, 6.45) is 5.70. The molecule has 0 N–H and O–H groups in total. The van der Waals surface area contributed by atoms with E-state index < -0.39 is 0 Å². The Balaban J connectivity index is 1.49. The maximum absolute atomic E-state index is 12.4. The van der Waals surface area contributed by atoms with Crippen LogP contribution in [0.2, 0.25) is 0 Å². The first-order chi connectivity index (χ1) is 10.1. The Bertz CT molecular complexity index is 490. The highest BCUT2D eigenvalue weighted by molar-refractivity contribution is 5.84. The van der Waals surface area contributed by atoms with Crippen LogP contribution in [0.3, 0.4) is 0 Å². The summed E-state index contributed by atoms with van der Waals surface area (Å²) in [5.41, 5.74) is 1.79. The standard InChI is InChI=1S/C19H27NO/c1-3-19-11-16(12-19)17(18(21)13-19)14-20(2)10-9-15-7-5-4-6-8-15/h4-8,16-17H,3,9-14H2,1-2H3. The summed E-state index contributed by atoms with van der Waals surface area (Å²) < 4.78 is 0. The van der Waals surface area contributed by atoms with Gasteiger partial charge in [0.05, 0.1) is 0 Å². The summed E-state index contributed by atoms with van der Waals surface area (Å²) in [7, 11) is 2.16. The number of Topliss-reactive ketones (excluding diaryl/α,β-unsaturated/α-hetero) is 1. The number of carbonyl (C=O) groups is 1. The molecule has 3 aliphatic carbocycles. The molecule has 3 aliphatic rings. The lowest BCUT2D eigenvalue weighted by atomic mass is 9.49. The molecule has 1 aromatic rings. The largest absolute Gasteiger partial charge is 0.305 e. The lowest BCUT2D eigenvalue weighted by Gasteiger charge is -2.55. The Hall–Kier alpha value is -1.15. The molecule has 2 heteroatoms. The molecule has 0 saturated heterocycles. The third kappa shape index (κ3) is 3.06. The fourth-order valence-electron chi connectivity index (χ4n) is 4.30. The van der Waals surface area contributed by atoms with Gasteiger partial charge in [0.1, 0.15) is 5.78 Å². The van der Waals surface area contributed by atoms with E-state index in [1.165, 1.54) is 24.8 Å². The minimum Gasteiger partial charge on any atom is -0.305 e. The normalized spacial score (nSPS) is 31.3. The van der Waals surface area contributed by atoms with Gasteiger partial charge < -0.3 is 4.90 Å². The molecule has 0 spiro atoms. The lowest BCUT2D eigenvalue weighted by Crippen LogP contribution is -2.53. The van der Waals surface area contributed by atoms with E-state index in [1.54, 1.807) is 0 Å². The van der Waals surface area contributed by atoms with Crippen LogP contribution in [0.25, 0.3) is 0 Å². The number of ketones is 1. The Morgan fingerprint density at radius 2 is 1.95 bits per heavy atom. The van der Waals surface area contributed by atoms with Crippen LogP contribution in [0, 0.1) is 17.3 Å². The van der Waals surface area contributed by atoms with Crippen LogP contribution in [0.1, 0.15) is 38.2 Å². The highest BCUT2D eigenvalue weighted by atomic mass is 16.1. The maximum Gasteiger partial charge on any atom is 0.138 e. The number of carbonyl (C=O) groups excluding carboxylic acids is 1. The third-order valence-electron chi connectivity index (χ3n) is 5.81. The summed E-state index contributed by atoms with van der Waals surface area (Å²) in [5, 5.41) is 0. The average Bonchev–Trinajstić information content (AvgIpc) is 2.47. The summed E-state index contributed by atoms with van der Waals surface area (Å²) in [5.74, 6) is 1.51. The summed E-state index contributed by atoms with van der Waals surface area (Å²) in [6.45, 7) is 4.24. The first-order valence-corrected chi connectivity index (χ1v) is 8.37. The minimum atomic E-state index is 0.305. The molecule has 2 nitrogen and oxygen atoms in total. The Kier molecular flexibility index (Phi) is 4.17. The first kappa shape index (κ1) is 14.8. The van der Waals surface area contributed by atoms with Crippen molar-refractivity contribution in [2.75, 3.05) is 20.1 Å². The van der Waals surface area contributed by atoms with Crippen molar-refractivity contribution in [1.82, 2.24) is 4.90 Å². The van der Waals surface area contributed by atoms with Crippen LogP contribution in [-0.2, 0) is 11.2 Å². The number of rotatable bonds is 6. The maximum atomic E-state index is 12.4. The predicted molar refractivity (Wildman–Crippen MR) is 86.2 cm³/mol. The number of benzene rings is 1. The molecule has 1 atom stereocenters. The molecule has 1 aromatic carbocycles. The van der Waals surface area contributed by atoms with Crippen LogP contribution < -0.4 is 0 Å². The zero-order valence-corrected chi connectivity index (χ0v) is 13.3. The van der Waals surface area contributed by atoms with Gasteiger partial charge in [0, 0.05) is 25.4 Å². The molecule has 0 amide bonds. The van der Waals surface area contributed by atoms with Crippen molar-refractivity contribution < 1.29 is 4.79 Å². The first-order valence-electron chi connectivity index (χ1n) is 8.37. The van der Waals surface area contributed by atoms with Gasteiger partial charge in [-0.15, -0.1) is 0 Å². The Morgan fingerprint density at radius 1 is 1.24 bits per heavy atom. The van der Waals surface area contributed by atoms with Crippen LogP contribution in [0.5, 0.6) is 0 Å². The van der Waals surface area contributed by atoms with Gasteiger partial charge in [0.15, 0.2) is 0 Å². The van der Waals surface area contributed by atoms with E-state index in [2.05, 4.69) is 49.2 Å². The smallest absolute Gasteiger partial charge is 0.138 e. The van der Waals surface area contributed by atoms with Gasteiger partial charge in [-0.1, -0.05) is 43.7 Å². The van der Waals surface area contributed by atoms with Crippen molar-refractivity contribution in [3.05, 3.63) is 35.9 Å². The Labute approximate surface area is 128 Å². The van der Waals surface area contributed by atoms with Gasteiger partial charge in [0.2, 0.25) is 0 Å². The van der Waals surface area contributed by atoms with E-state index >= 15 is 0 Å². The fourth-order valence-corrected chi connectivity index (χ4v) is 4.30. The third-order valence-corrected chi connectivity index (χ3v) is 5.81. The van der Waals surface area contributed by atoms with Crippen LogP contribution in [-0.4, -0.2) is 30.8 Å². The lowest BCUT2D eigenvalue weighted by molar-refractivity contribution is -0.145. The molecule has 0 aliphatic heterocycles. The number of nitrogens with zero attached hydrogens (tertiary/aromatic N) is 1. The van der Waals surface area contributed by atoms with E-state index in [4.69, 9.17) is 0 Å². The van der Waals surface area contributed by atoms with Crippen molar-refractivity contribution in [3.8, 4) is 0 Å². The van der Waals surface area contributed by atoms with Gasteiger partial charge in [-0.25, -0.2) is 0 Å². The highest BCUT2D eigenvalue weighted by Gasteiger charge is 2.53. The van der Waals surface area contributed by atoms with Crippen molar-refractivity contribution in [1.29, 1.82) is 0 Å². The van der Waals surface area contributed by atoms with E-state index in [-0.39, 0.29) is 0 Å². The second-order valence-electron chi connectivity index (χ2n) is 7.27. The van der Waals surface area contributed by atoms with Crippen molar-refractivity contribution >= 4 is 5.78 Å². The molecule has 0 aromatic heterocycles. The van der Waals surface area contributed by atoms with Crippen LogP contribution in [0.4, 0.5) is 0 Å². The molecule has 1 unspecified atom stereocenters. The Morgan fingerprint density at radius 3 is 2.57 bits per heavy atom. The number of fused-ring (bicyclic) bond motifs is 2. The molecule has 114 valence electrons. The molecule has 21 heavy (non-hydrogen) atoms. The molecule has 0 heterocycles. The van der Waals surface area contributed by atoms with Crippen molar-refractivity contribution in [2.45, 2.75) is 39.0 Å². The highest BCUT2D eigenvalue weighted by Crippen LogP contribution is 2.58. The molecule has 3 saturated carbocycles. The predicted octanol–water partition coefficient (Wildman–Crippen LogP) is 3.56. The molecular formula is C19H27NO. The van der Waals surface area contributed by atoms with Crippen molar-refractivity contribution in [3.63, 3.8) is 0 Å². The van der Waals surface area contributed by atoms with Crippen LogP contribution >= 0.6 is 0 Å². The van der Waals surface area contributed by atoms with E-state index in [0.29, 0.717) is 23.0 Å². The quantitative estimate of drug-likeness (QED) is 0.796. The molecule has 2 bridgehead atoms. The summed E-state index contributed by atoms with van der Waals surface area (Å²) in [6, 6.07) is 10.6. The second kappa shape index (κ2) is 5.92. The number of likely N-dealkylation sites (N-methyl/N-ethyl adjacent to an activating group) is 1. The SMILES string of the molecule is CCC12CC(=O)C(CN(C)CCc3ccccc3)C(C1)C2. The number of hydrogen-bond donors (Lipinski definition) is 0. The zero-order valence-electron chi connectivity index (χ0n) is 13.3. The summed E-state index contributed by atoms with van der Waals surface area (Å²) >= 11 is 0. The van der Waals surface area contributed by atoms with Gasteiger partial charge in [-0.3, -0.25) is 4.79 Å². The van der Waals surface area contributed by atoms with Gasteiger partial charge in [-0.05, 0) is 43.2 Å². The van der Waals surface area contributed by atoms with E-state index in [9.17, 15) is 4.79 Å². The second-order valence-corrected chi connectivity index (χ2v) is 7.27. The number of hydrogen-bond acceptors (Lipinski definition) is 2. The van der Waals surface area contributed by atoms with Crippen molar-refractivity contribution in [2.24, 2.45) is 17.3 Å². The van der Waals surface area contributed by atoms with E-state index in [0.717, 1.165) is 25.9 Å². The van der Waals surface area contributed by atoms with Gasteiger partial charge in [-0.2, -0.15) is 0 Å². The fraction of sp³-hybridized carbons (Fsp3) is 0.632. The average molecular weight is 285 g/mol. The molecule has 0 radical (unpaired) electrons.